The van der Waals surface area contributed by atoms with Crippen molar-refractivity contribution in [1.82, 2.24) is 9.88 Å². The molecule has 1 aromatic heterocycles. The van der Waals surface area contributed by atoms with Crippen molar-refractivity contribution in [3.8, 4) is 0 Å². The van der Waals surface area contributed by atoms with Crippen molar-refractivity contribution in [2.24, 2.45) is 0 Å². The van der Waals surface area contributed by atoms with E-state index in [4.69, 9.17) is 0 Å². The molecule has 166 valence electrons. The van der Waals surface area contributed by atoms with Crippen molar-refractivity contribution in [3.05, 3.63) is 66.1 Å². The SMILES string of the molecule is C[C@]1(C(=O)NC2CCCCCC2)Cn2c(cc3ccccc32)C(=O)N1c1ccc(F)cc1. The zero-order valence-corrected chi connectivity index (χ0v) is 18.3. The molecule has 5 nitrogen and oxygen atoms in total. The molecular formula is C26H28FN3O2. The van der Waals surface area contributed by atoms with Crippen LogP contribution in [0.3, 0.4) is 0 Å². The summed E-state index contributed by atoms with van der Waals surface area (Å²) < 4.78 is 15.6. The van der Waals surface area contributed by atoms with Gasteiger partial charge in [-0.25, -0.2) is 4.39 Å². The lowest BCUT2D eigenvalue weighted by atomic mass is 9.92. The normalized spacial score (nSPS) is 21.9. The minimum atomic E-state index is -1.14. The summed E-state index contributed by atoms with van der Waals surface area (Å²) in [5, 5.41) is 4.21. The van der Waals surface area contributed by atoms with Crippen LogP contribution in [0.2, 0.25) is 0 Å². The molecule has 1 aliphatic carbocycles. The van der Waals surface area contributed by atoms with Crippen molar-refractivity contribution in [2.45, 2.75) is 63.6 Å². The van der Waals surface area contributed by atoms with Crippen LogP contribution in [-0.4, -0.2) is 28.0 Å². The summed E-state index contributed by atoms with van der Waals surface area (Å²) in [6.07, 6.45) is 6.53. The molecule has 5 rings (SSSR count). The molecule has 0 spiro atoms. The lowest BCUT2D eigenvalue weighted by Crippen LogP contribution is -2.65. The van der Waals surface area contributed by atoms with E-state index in [1.165, 1.54) is 25.0 Å². The lowest BCUT2D eigenvalue weighted by Gasteiger charge is -2.44. The summed E-state index contributed by atoms with van der Waals surface area (Å²) in [5.74, 6) is -0.792. The van der Waals surface area contributed by atoms with E-state index in [0.717, 1.165) is 36.6 Å². The van der Waals surface area contributed by atoms with Gasteiger partial charge >= 0.3 is 0 Å². The summed E-state index contributed by atoms with van der Waals surface area (Å²) in [4.78, 5) is 29.1. The van der Waals surface area contributed by atoms with E-state index < -0.39 is 5.54 Å². The Balaban J connectivity index is 1.59. The molecule has 3 aromatic rings. The first-order valence-electron chi connectivity index (χ1n) is 11.5. The molecular weight excluding hydrogens is 405 g/mol. The van der Waals surface area contributed by atoms with Gasteiger partial charge in [0, 0.05) is 22.6 Å². The predicted octanol–water partition coefficient (Wildman–Crippen LogP) is 5.04. The maximum absolute atomic E-state index is 13.8. The number of para-hydroxylation sites is 1. The van der Waals surface area contributed by atoms with Crippen molar-refractivity contribution in [3.63, 3.8) is 0 Å². The Morgan fingerprint density at radius 1 is 1.03 bits per heavy atom. The zero-order valence-electron chi connectivity index (χ0n) is 18.3. The van der Waals surface area contributed by atoms with Gasteiger partial charge in [-0.05, 0) is 56.2 Å². The fourth-order valence-corrected chi connectivity index (χ4v) is 5.21. The molecule has 1 saturated carbocycles. The molecule has 1 atom stereocenters. The predicted molar refractivity (Wildman–Crippen MR) is 123 cm³/mol. The Bertz CT molecular complexity index is 1160. The minimum Gasteiger partial charge on any atom is -0.351 e. The van der Waals surface area contributed by atoms with Gasteiger partial charge in [-0.3, -0.25) is 14.5 Å². The highest BCUT2D eigenvalue weighted by atomic mass is 19.1. The van der Waals surface area contributed by atoms with Gasteiger partial charge in [-0.15, -0.1) is 0 Å². The number of anilines is 1. The van der Waals surface area contributed by atoms with Crippen molar-refractivity contribution < 1.29 is 14.0 Å². The van der Waals surface area contributed by atoms with E-state index in [1.54, 1.807) is 17.0 Å². The standard InChI is InChI=1S/C26H28FN3O2/c1-26(25(32)28-20-9-4-2-3-5-10-20)17-29-22-11-7-6-8-18(22)16-23(29)24(31)30(26)21-14-12-19(27)13-15-21/h6-8,11-16,20H,2-5,9-10,17H2,1H3,(H,28,32)/t26-/m1/s1. The highest BCUT2D eigenvalue weighted by molar-refractivity contribution is 6.14. The maximum Gasteiger partial charge on any atom is 0.275 e. The van der Waals surface area contributed by atoms with Crippen molar-refractivity contribution >= 4 is 28.4 Å². The van der Waals surface area contributed by atoms with Gasteiger partial charge in [0.05, 0.1) is 6.54 Å². The fourth-order valence-electron chi connectivity index (χ4n) is 5.21. The van der Waals surface area contributed by atoms with Crippen molar-refractivity contribution in [2.75, 3.05) is 4.90 Å². The van der Waals surface area contributed by atoms with Crippen LogP contribution in [0, 0.1) is 5.82 Å². The second-order valence-corrected chi connectivity index (χ2v) is 9.23. The van der Waals surface area contributed by atoms with E-state index in [1.807, 2.05) is 41.8 Å². The first kappa shape index (κ1) is 20.7. The van der Waals surface area contributed by atoms with Gasteiger partial charge in [-0.2, -0.15) is 0 Å². The molecule has 1 N–H and O–H groups in total. The number of fused-ring (bicyclic) bond motifs is 3. The maximum atomic E-state index is 13.8. The molecule has 1 aliphatic heterocycles. The molecule has 0 bridgehead atoms. The zero-order chi connectivity index (χ0) is 22.3. The number of aromatic nitrogens is 1. The van der Waals surface area contributed by atoms with Crippen LogP contribution in [0.1, 0.15) is 55.9 Å². The van der Waals surface area contributed by atoms with Crippen LogP contribution in [0.4, 0.5) is 10.1 Å². The quantitative estimate of drug-likeness (QED) is 0.589. The number of carbonyl (C=O) groups excluding carboxylic acids is 2. The summed E-state index contributed by atoms with van der Waals surface area (Å²) >= 11 is 0. The molecule has 2 heterocycles. The molecule has 32 heavy (non-hydrogen) atoms. The molecule has 6 heteroatoms. The number of rotatable bonds is 3. The number of hydrogen-bond donors (Lipinski definition) is 1. The van der Waals surface area contributed by atoms with Crippen LogP contribution in [0.5, 0.6) is 0 Å². The average molecular weight is 434 g/mol. The number of nitrogens with zero attached hydrogens (tertiary/aromatic N) is 2. The molecule has 0 radical (unpaired) electrons. The summed E-state index contributed by atoms with van der Waals surface area (Å²) in [5.41, 5.74) is 0.848. The van der Waals surface area contributed by atoms with Gasteiger partial charge in [-0.1, -0.05) is 43.9 Å². The van der Waals surface area contributed by atoms with E-state index in [2.05, 4.69) is 5.32 Å². The summed E-state index contributed by atoms with van der Waals surface area (Å²) in [7, 11) is 0. The second kappa shape index (κ2) is 8.08. The van der Waals surface area contributed by atoms with E-state index in [-0.39, 0.29) is 23.7 Å². The lowest BCUT2D eigenvalue weighted by molar-refractivity contribution is -0.127. The van der Waals surface area contributed by atoms with Crippen molar-refractivity contribution in [1.29, 1.82) is 0 Å². The monoisotopic (exact) mass is 433 g/mol. The molecule has 0 unspecified atom stereocenters. The highest BCUT2D eigenvalue weighted by Gasteiger charge is 2.49. The highest BCUT2D eigenvalue weighted by Crippen LogP contribution is 2.36. The van der Waals surface area contributed by atoms with Gasteiger partial charge in [0.1, 0.15) is 17.1 Å². The number of amides is 2. The number of carbonyl (C=O) groups is 2. The largest absolute Gasteiger partial charge is 0.351 e. The Kier molecular flexibility index (Phi) is 5.24. The molecule has 2 aliphatic rings. The van der Waals surface area contributed by atoms with Gasteiger partial charge in [0.25, 0.3) is 5.91 Å². The third-order valence-electron chi connectivity index (χ3n) is 6.96. The van der Waals surface area contributed by atoms with Gasteiger partial charge in [0.2, 0.25) is 5.91 Å². The molecule has 0 saturated heterocycles. The van der Waals surface area contributed by atoms with E-state index in [9.17, 15) is 14.0 Å². The van der Waals surface area contributed by atoms with Crippen LogP contribution < -0.4 is 10.2 Å². The summed E-state index contributed by atoms with van der Waals surface area (Å²) in [6, 6.07) is 15.6. The third-order valence-corrected chi connectivity index (χ3v) is 6.96. The molecule has 2 amide bonds. The molecule has 2 aromatic carbocycles. The average Bonchev–Trinajstić information content (AvgIpc) is 2.96. The van der Waals surface area contributed by atoms with Crippen LogP contribution in [0.15, 0.2) is 54.6 Å². The number of benzene rings is 2. The first-order chi connectivity index (χ1) is 15.5. The number of halogens is 1. The van der Waals surface area contributed by atoms with Crippen LogP contribution >= 0.6 is 0 Å². The Labute approximate surface area is 187 Å². The molecule has 1 fully saturated rings. The van der Waals surface area contributed by atoms with Gasteiger partial charge in [0.15, 0.2) is 0 Å². The Morgan fingerprint density at radius 2 is 1.72 bits per heavy atom. The van der Waals surface area contributed by atoms with Crippen LogP contribution in [0.25, 0.3) is 10.9 Å². The van der Waals surface area contributed by atoms with E-state index >= 15 is 0 Å². The number of nitrogens with one attached hydrogen (secondary N) is 1. The smallest absolute Gasteiger partial charge is 0.275 e. The first-order valence-corrected chi connectivity index (χ1v) is 11.5. The second-order valence-electron chi connectivity index (χ2n) is 9.23. The van der Waals surface area contributed by atoms with Crippen LogP contribution in [-0.2, 0) is 11.3 Å². The van der Waals surface area contributed by atoms with Gasteiger partial charge < -0.3 is 9.88 Å². The topological polar surface area (TPSA) is 54.3 Å². The number of hydrogen-bond acceptors (Lipinski definition) is 2. The third kappa shape index (κ3) is 3.48. The minimum absolute atomic E-state index is 0.120. The van der Waals surface area contributed by atoms with E-state index in [0.29, 0.717) is 17.9 Å². The Hall–Kier alpha value is -3.15. The summed E-state index contributed by atoms with van der Waals surface area (Å²) in [6.45, 7) is 2.15. The fraction of sp³-hybridized carbons (Fsp3) is 0.385. The Morgan fingerprint density at radius 3 is 2.44 bits per heavy atom.